The second-order valence-electron chi connectivity index (χ2n) is 5.86. The van der Waals surface area contributed by atoms with Crippen molar-refractivity contribution in [1.29, 1.82) is 0 Å². The van der Waals surface area contributed by atoms with Crippen LogP contribution < -0.4 is 5.56 Å². The van der Waals surface area contributed by atoms with E-state index in [0.29, 0.717) is 10.2 Å². The fraction of sp³-hybridized carbons (Fsp3) is 0.278. The van der Waals surface area contributed by atoms with Crippen LogP contribution in [0.2, 0.25) is 0 Å². The molecule has 130 valence electrons. The standard InChI is InChI=1S/C18H18FN3O2S/c1-12(13-3-5-14(19)6-4-13)21(2)16(23)7-9-22-11-20-17-15(18(22)24)8-10-25-17/h3-6,8,10-12H,7,9H2,1-2H3. The van der Waals surface area contributed by atoms with Gasteiger partial charge in [-0.25, -0.2) is 9.37 Å². The zero-order chi connectivity index (χ0) is 18.0. The van der Waals surface area contributed by atoms with E-state index in [1.807, 2.05) is 12.3 Å². The summed E-state index contributed by atoms with van der Waals surface area (Å²) in [7, 11) is 1.71. The summed E-state index contributed by atoms with van der Waals surface area (Å²) in [6, 6.07) is 7.67. The largest absolute Gasteiger partial charge is 0.339 e. The SMILES string of the molecule is CC(c1ccc(F)cc1)N(C)C(=O)CCn1cnc2sccc2c1=O. The van der Waals surface area contributed by atoms with E-state index in [-0.39, 0.29) is 36.3 Å². The number of aryl methyl sites for hydroxylation is 1. The molecule has 1 unspecified atom stereocenters. The first kappa shape index (κ1) is 17.3. The molecule has 3 aromatic rings. The Morgan fingerprint density at radius 2 is 2.04 bits per heavy atom. The van der Waals surface area contributed by atoms with E-state index < -0.39 is 0 Å². The Kier molecular flexibility index (Phi) is 4.94. The maximum atomic E-state index is 13.0. The van der Waals surface area contributed by atoms with Gasteiger partial charge in [-0.2, -0.15) is 0 Å². The van der Waals surface area contributed by atoms with Crippen LogP contribution in [-0.2, 0) is 11.3 Å². The highest BCUT2D eigenvalue weighted by Crippen LogP contribution is 2.20. The quantitative estimate of drug-likeness (QED) is 0.703. The summed E-state index contributed by atoms with van der Waals surface area (Å²) in [5, 5.41) is 2.40. The molecule has 0 bridgehead atoms. The van der Waals surface area contributed by atoms with E-state index in [2.05, 4.69) is 4.98 Å². The lowest BCUT2D eigenvalue weighted by Crippen LogP contribution is -2.31. The normalized spacial score (nSPS) is 12.3. The van der Waals surface area contributed by atoms with Gasteiger partial charge in [0.2, 0.25) is 5.91 Å². The van der Waals surface area contributed by atoms with Crippen molar-refractivity contribution >= 4 is 27.5 Å². The minimum absolute atomic E-state index is 0.0888. The molecule has 0 saturated carbocycles. The van der Waals surface area contributed by atoms with Crippen molar-refractivity contribution < 1.29 is 9.18 Å². The van der Waals surface area contributed by atoms with Crippen LogP contribution in [0.4, 0.5) is 4.39 Å². The van der Waals surface area contributed by atoms with Gasteiger partial charge in [0.1, 0.15) is 10.6 Å². The van der Waals surface area contributed by atoms with Crippen molar-refractivity contribution in [1.82, 2.24) is 14.5 Å². The van der Waals surface area contributed by atoms with E-state index in [1.54, 1.807) is 30.1 Å². The number of fused-ring (bicyclic) bond motifs is 1. The van der Waals surface area contributed by atoms with Gasteiger partial charge in [-0.1, -0.05) is 12.1 Å². The summed E-state index contributed by atoms with van der Waals surface area (Å²) >= 11 is 1.42. The predicted molar refractivity (Wildman–Crippen MR) is 96.1 cm³/mol. The molecule has 0 N–H and O–H groups in total. The first-order valence-electron chi connectivity index (χ1n) is 7.91. The van der Waals surface area contributed by atoms with Gasteiger partial charge in [-0.15, -0.1) is 11.3 Å². The Balaban J connectivity index is 1.67. The summed E-state index contributed by atoms with van der Waals surface area (Å²) in [6.45, 7) is 2.16. The lowest BCUT2D eigenvalue weighted by Gasteiger charge is -2.25. The van der Waals surface area contributed by atoms with E-state index in [0.717, 1.165) is 5.56 Å². The highest BCUT2D eigenvalue weighted by Gasteiger charge is 2.17. The maximum Gasteiger partial charge on any atom is 0.262 e. The molecule has 5 nitrogen and oxygen atoms in total. The van der Waals surface area contributed by atoms with Gasteiger partial charge < -0.3 is 4.90 Å². The predicted octanol–water partition coefficient (Wildman–Crippen LogP) is 3.21. The fourth-order valence-corrected chi connectivity index (χ4v) is 3.35. The van der Waals surface area contributed by atoms with E-state index >= 15 is 0 Å². The van der Waals surface area contributed by atoms with Crippen LogP contribution in [0.25, 0.3) is 10.2 Å². The molecule has 1 atom stereocenters. The van der Waals surface area contributed by atoms with Gasteiger partial charge in [0.25, 0.3) is 5.56 Å². The molecule has 0 aliphatic carbocycles. The van der Waals surface area contributed by atoms with Gasteiger partial charge >= 0.3 is 0 Å². The number of benzene rings is 1. The highest BCUT2D eigenvalue weighted by atomic mass is 32.1. The van der Waals surface area contributed by atoms with Crippen LogP contribution in [0.5, 0.6) is 0 Å². The van der Waals surface area contributed by atoms with Crippen molar-refractivity contribution in [3.63, 3.8) is 0 Å². The van der Waals surface area contributed by atoms with Gasteiger partial charge in [0, 0.05) is 20.0 Å². The molecular weight excluding hydrogens is 341 g/mol. The topological polar surface area (TPSA) is 55.2 Å². The third-order valence-corrected chi connectivity index (χ3v) is 5.16. The minimum Gasteiger partial charge on any atom is -0.339 e. The number of aromatic nitrogens is 2. The van der Waals surface area contributed by atoms with E-state index in [4.69, 9.17) is 0 Å². The fourth-order valence-electron chi connectivity index (χ4n) is 2.63. The van der Waals surface area contributed by atoms with Crippen LogP contribution in [0.3, 0.4) is 0 Å². The number of hydrogen-bond acceptors (Lipinski definition) is 4. The van der Waals surface area contributed by atoms with Gasteiger partial charge in [-0.3, -0.25) is 14.2 Å². The van der Waals surface area contributed by atoms with E-state index in [9.17, 15) is 14.0 Å². The van der Waals surface area contributed by atoms with Crippen molar-refractivity contribution in [2.45, 2.75) is 25.9 Å². The van der Waals surface area contributed by atoms with Crippen LogP contribution >= 0.6 is 11.3 Å². The minimum atomic E-state index is -0.305. The maximum absolute atomic E-state index is 13.0. The molecule has 0 radical (unpaired) electrons. The first-order valence-corrected chi connectivity index (χ1v) is 8.79. The lowest BCUT2D eigenvalue weighted by molar-refractivity contribution is -0.132. The molecule has 0 spiro atoms. The molecule has 7 heteroatoms. The Bertz CT molecular complexity index is 949. The number of carbonyl (C=O) groups is 1. The third kappa shape index (κ3) is 3.61. The Hall–Kier alpha value is -2.54. The molecule has 0 saturated heterocycles. The van der Waals surface area contributed by atoms with Crippen LogP contribution in [-0.4, -0.2) is 27.4 Å². The number of amides is 1. The molecule has 2 heterocycles. The van der Waals surface area contributed by atoms with Crippen LogP contribution in [0, 0.1) is 5.82 Å². The Labute approximate surface area is 148 Å². The summed E-state index contributed by atoms with van der Waals surface area (Å²) in [5.41, 5.74) is 0.726. The number of nitrogens with zero attached hydrogens (tertiary/aromatic N) is 3. The number of rotatable bonds is 5. The average Bonchev–Trinajstić information content (AvgIpc) is 3.10. The molecular formula is C18H18FN3O2S. The highest BCUT2D eigenvalue weighted by molar-refractivity contribution is 7.16. The zero-order valence-electron chi connectivity index (χ0n) is 14.0. The summed E-state index contributed by atoms with van der Waals surface area (Å²) in [6.07, 6.45) is 1.68. The number of thiophene rings is 1. The van der Waals surface area contributed by atoms with Crippen LogP contribution in [0.15, 0.2) is 46.8 Å². The smallest absolute Gasteiger partial charge is 0.262 e. The summed E-state index contributed by atoms with van der Waals surface area (Å²) in [5.74, 6) is -0.394. The number of halogens is 1. The second kappa shape index (κ2) is 7.14. The molecule has 25 heavy (non-hydrogen) atoms. The monoisotopic (exact) mass is 359 g/mol. The molecule has 1 aromatic carbocycles. The van der Waals surface area contributed by atoms with Gasteiger partial charge in [0.15, 0.2) is 0 Å². The number of carbonyl (C=O) groups excluding carboxylic acids is 1. The van der Waals surface area contributed by atoms with Crippen molar-refractivity contribution in [2.75, 3.05) is 7.05 Å². The van der Waals surface area contributed by atoms with Gasteiger partial charge in [-0.05, 0) is 36.1 Å². The molecule has 0 aliphatic heterocycles. The Morgan fingerprint density at radius 3 is 2.76 bits per heavy atom. The molecule has 2 aromatic heterocycles. The first-order chi connectivity index (χ1) is 12.0. The zero-order valence-corrected chi connectivity index (χ0v) is 14.8. The van der Waals surface area contributed by atoms with Crippen molar-refractivity contribution in [3.05, 3.63) is 63.8 Å². The van der Waals surface area contributed by atoms with Crippen molar-refractivity contribution in [2.24, 2.45) is 0 Å². The van der Waals surface area contributed by atoms with Crippen LogP contribution in [0.1, 0.15) is 24.9 Å². The molecule has 3 rings (SSSR count). The average molecular weight is 359 g/mol. The molecule has 0 fully saturated rings. The number of hydrogen-bond donors (Lipinski definition) is 0. The lowest BCUT2D eigenvalue weighted by atomic mass is 10.1. The summed E-state index contributed by atoms with van der Waals surface area (Å²) < 4.78 is 14.5. The third-order valence-electron chi connectivity index (χ3n) is 4.34. The molecule has 1 amide bonds. The summed E-state index contributed by atoms with van der Waals surface area (Å²) in [4.78, 5) is 31.3. The molecule has 0 aliphatic rings. The second-order valence-corrected chi connectivity index (χ2v) is 6.76. The van der Waals surface area contributed by atoms with Gasteiger partial charge in [0.05, 0.1) is 17.8 Å². The van der Waals surface area contributed by atoms with Crippen molar-refractivity contribution in [3.8, 4) is 0 Å². The Morgan fingerprint density at radius 1 is 1.32 bits per heavy atom. The van der Waals surface area contributed by atoms with E-state index in [1.165, 1.54) is 34.4 Å².